The van der Waals surface area contributed by atoms with Crippen molar-refractivity contribution in [2.75, 3.05) is 18.5 Å². The van der Waals surface area contributed by atoms with Gasteiger partial charge in [-0.1, -0.05) is 13.8 Å². The van der Waals surface area contributed by atoms with Crippen LogP contribution in [0.2, 0.25) is 0 Å². The van der Waals surface area contributed by atoms with E-state index in [1.54, 1.807) is 0 Å². The molecule has 3 heteroatoms. The molecule has 0 spiro atoms. The summed E-state index contributed by atoms with van der Waals surface area (Å²) in [6.45, 7) is 5.44. The van der Waals surface area contributed by atoms with Gasteiger partial charge in [0.1, 0.15) is 5.82 Å². The lowest BCUT2D eigenvalue weighted by molar-refractivity contribution is 0.701. The van der Waals surface area contributed by atoms with Gasteiger partial charge in [0.2, 0.25) is 0 Å². The minimum absolute atomic E-state index is 0.516. The molecule has 1 aromatic heterocycles. The summed E-state index contributed by atoms with van der Waals surface area (Å²) < 4.78 is 0. The Bertz CT molecular complexity index is 335. The Hall–Kier alpha value is -1.12. The summed E-state index contributed by atoms with van der Waals surface area (Å²) in [7, 11) is 2.08. The van der Waals surface area contributed by atoms with Gasteiger partial charge in [0.15, 0.2) is 0 Å². The normalized spacial score (nSPS) is 16.9. The lowest BCUT2D eigenvalue weighted by atomic mass is 10.1. The van der Waals surface area contributed by atoms with Crippen molar-refractivity contribution in [3.8, 4) is 0 Å². The second kappa shape index (κ2) is 3.56. The lowest BCUT2D eigenvalue weighted by Crippen LogP contribution is -2.14. The van der Waals surface area contributed by atoms with Crippen molar-refractivity contribution in [1.29, 1.82) is 0 Å². The van der Waals surface area contributed by atoms with Crippen molar-refractivity contribution in [1.82, 2.24) is 9.97 Å². The van der Waals surface area contributed by atoms with E-state index in [2.05, 4.69) is 35.8 Å². The molecule has 1 aliphatic rings. The minimum Gasteiger partial charge on any atom is -0.358 e. The van der Waals surface area contributed by atoms with Crippen LogP contribution in [0.5, 0.6) is 0 Å². The number of hydrogen-bond donors (Lipinski definition) is 0. The summed E-state index contributed by atoms with van der Waals surface area (Å²) in [5.74, 6) is 1.60. The van der Waals surface area contributed by atoms with Crippen LogP contribution in [-0.2, 0) is 6.42 Å². The van der Waals surface area contributed by atoms with E-state index >= 15 is 0 Å². The molecule has 1 unspecified atom stereocenters. The van der Waals surface area contributed by atoms with E-state index in [1.807, 2.05) is 6.20 Å². The van der Waals surface area contributed by atoms with Crippen LogP contribution in [0.25, 0.3) is 0 Å². The number of nitrogens with zero attached hydrogens (tertiary/aromatic N) is 3. The summed E-state index contributed by atoms with van der Waals surface area (Å²) in [6.07, 6.45) is 4.10. The van der Waals surface area contributed by atoms with Gasteiger partial charge >= 0.3 is 0 Å². The number of likely N-dealkylation sites (N-methyl/N-ethyl adjacent to an activating group) is 1. The van der Waals surface area contributed by atoms with Crippen molar-refractivity contribution >= 4 is 5.82 Å². The monoisotopic (exact) mass is 191 g/mol. The smallest absolute Gasteiger partial charge is 0.150 e. The molecule has 0 N–H and O–H groups in total. The van der Waals surface area contributed by atoms with Gasteiger partial charge in [-0.05, 0) is 12.3 Å². The molecule has 0 saturated heterocycles. The Morgan fingerprint density at radius 1 is 1.57 bits per heavy atom. The van der Waals surface area contributed by atoms with Gasteiger partial charge in [0.25, 0.3) is 0 Å². The molecule has 1 atom stereocenters. The molecular weight excluding hydrogens is 174 g/mol. The molecule has 0 amide bonds. The van der Waals surface area contributed by atoms with Crippen LogP contribution < -0.4 is 4.90 Å². The van der Waals surface area contributed by atoms with Crippen LogP contribution in [0, 0.1) is 0 Å². The summed E-state index contributed by atoms with van der Waals surface area (Å²) in [5, 5.41) is 0. The number of rotatable bonds is 2. The second-order valence-corrected chi connectivity index (χ2v) is 4.05. The maximum Gasteiger partial charge on any atom is 0.150 e. The van der Waals surface area contributed by atoms with Crippen LogP contribution >= 0.6 is 0 Å². The first kappa shape index (κ1) is 9.44. The zero-order valence-corrected chi connectivity index (χ0v) is 9.12. The molecule has 0 aliphatic carbocycles. The van der Waals surface area contributed by atoms with Crippen molar-refractivity contribution in [3.63, 3.8) is 0 Å². The fraction of sp³-hybridized carbons (Fsp3) is 0.636. The molecule has 76 valence electrons. The quantitative estimate of drug-likeness (QED) is 0.715. The van der Waals surface area contributed by atoms with Crippen LogP contribution in [-0.4, -0.2) is 23.6 Å². The predicted molar refractivity (Wildman–Crippen MR) is 57.7 cm³/mol. The average Bonchev–Trinajstić information content (AvgIpc) is 2.59. The third kappa shape index (κ3) is 1.47. The average molecular weight is 191 g/mol. The SMILES string of the molecule is CCC(C)c1cnc2c(n1)N(C)CC2. The van der Waals surface area contributed by atoms with Crippen LogP contribution in [0.3, 0.4) is 0 Å². The van der Waals surface area contributed by atoms with Gasteiger partial charge in [0.05, 0.1) is 11.4 Å². The summed E-state index contributed by atoms with van der Waals surface area (Å²) in [6, 6.07) is 0. The van der Waals surface area contributed by atoms with E-state index in [9.17, 15) is 0 Å². The van der Waals surface area contributed by atoms with Crippen molar-refractivity contribution in [2.24, 2.45) is 0 Å². The Morgan fingerprint density at radius 3 is 3.07 bits per heavy atom. The molecule has 0 saturated carbocycles. The molecule has 1 aromatic rings. The van der Waals surface area contributed by atoms with E-state index in [0.29, 0.717) is 5.92 Å². The predicted octanol–water partition coefficient (Wildman–Crippen LogP) is 1.98. The largest absolute Gasteiger partial charge is 0.358 e. The van der Waals surface area contributed by atoms with Crippen molar-refractivity contribution in [3.05, 3.63) is 17.6 Å². The van der Waals surface area contributed by atoms with Gasteiger partial charge in [-0.2, -0.15) is 0 Å². The molecule has 0 radical (unpaired) electrons. The van der Waals surface area contributed by atoms with Gasteiger partial charge in [-0.15, -0.1) is 0 Å². The zero-order valence-electron chi connectivity index (χ0n) is 9.12. The highest BCUT2D eigenvalue weighted by Crippen LogP contribution is 2.25. The first-order chi connectivity index (χ1) is 6.72. The number of aromatic nitrogens is 2. The Morgan fingerprint density at radius 2 is 2.36 bits per heavy atom. The van der Waals surface area contributed by atoms with Gasteiger partial charge < -0.3 is 4.90 Å². The van der Waals surface area contributed by atoms with Crippen molar-refractivity contribution < 1.29 is 0 Å². The van der Waals surface area contributed by atoms with Gasteiger partial charge in [-0.3, -0.25) is 4.98 Å². The third-order valence-electron chi connectivity index (χ3n) is 3.01. The molecular formula is C11H17N3. The third-order valence-corrected chi connectivity index (χ3v) is 3.01. The topological polar surface area (TPSA) is 29.0 Å². The minimum atomic E-state index is 0.516. The number of fused-ring (bicyclic) bond motifs is 1. The molecule has 2 heterocycles. The molecule has 2 rings (SSSR count). The number of hydrogen-bond acceptors (Lipinski definition) is 3. The van der Waals surface area contributed by atoms with Gasteiger partial charge in [-0.25, -0.2) is 4.98 Å². The Kier molecular flexibility index (Phi) is 2.40. The lowest BCUT2D eigenvalue weighted by Gasteiger charge is -2.13. The number of anilines is 1. The fourth-order valence-electron chi connectivity index (χ4n) is 1.73. The van der Waals surface area contributed by atoms with Crippen LogP contribution in [0.1, 0.15) is 37.6 Å². The van der Waals surface area contributed by atoms with E-state index < -0.39 is 0 Å². The Labute approximate surface area is 85.2 Å². The highest BCUT2D eigenvalue weighted by Gasteiger charge is 2.19. The maximum absolute atomic E-state index is 4.67. The van der Waals surface area contributed by atoms with E-state index in [4.69, 9.17) is 0 Å². The standard InChI is InChI=1S/C11H17N3/c1-4-8(2)10-7-12-9-5-6-14(3)11(9)13-10/h7-8H,4-6H2,1-3H3. The fourth-order valence-corrected chi connectivity index (χ4v) is 1.73. The second-order valence-electron chi connectivity index (χ2n) is 4.05. The molecule has 3 nitrogen and oxygen atoms in total. The summed E-state index contributed by atoms with van der Waals surface area (Å²) >= 11 is 0. The first-order valence-electron chi connectivity index (χ1n) is 5.29. The summed E-state index contributed by atoms with van der Waals surface area (Å²) in [5.41, 5.74) is 2.28. The van der Waals surface area contributed by atoms with E-state index in [1.165, 1.54) is 0 Å². The maximum atomic E-state index is 4.67. The first-order valence-corrected chi connectivity index (χ1v) is 5.29. The van der Waals surface area contributed by atoms with Crippen molar-refractivity contribution in [2.45, 2.75) is 32.6 Å². The van der Waals surface area contributed by atoms with Crippen LogP contribution in [0.4, 0.5) is 5.82 Å². The zero-order chi connectivity index (χ0) is 10.1. The highest BCUT2D eigenvalue weighted by atomic mass is 15.2. The molecule has 0 fully saturated rings. The van der Waals surface area contributed by atoms with Crippen LogP contribution in [0.15, 0.2) is 6.20 Å². The van der Waals surface area contributed by atoms with E-state index in [-0.39, 0.29) is 0 Å². The molecule has 1 aliphatic heterocycles. The highest BCUT2D eigenvalue weighted by molar-refractivity contribution is 5.48. The molecule has 0 bridgehead atoms. The van der Waals surface area contributed by atoms with Gasteiger partial charge in [0, 0.05) is 26.2 Å². The molecule has 0 aromatic carbocycles. The molecule has 14 heavy (non-hydrogen) atoms. The summed E-state index contributed by atoms with van der Waals surface area (Å²) in [4.78, 5) is 11.3. The van der Waals surface area contributed by atoms with E-state index in [0.717, 1.165) is 36.6 Å². The Balaban J connectivity index is 2.34.